The van der Waals surface area contributed by atoms with Crippen LogP contribution in [0.2, 0.25) is 0 Å². The molecule has 1 aliphatic heterocycles. The summed E-state index contributed by atoms with van der Waals surface area (Å²) in [5, 5.41) is 2.29. The van der Waals surface area contributed by atoms with E-state index >= 15 is 0 Å². The van der Waals surface area contributed by atoms with Gasteiger partial charge in [0.1, 0.15) is 5.69 Å². The number of hydrogen-bond donors (Lipinski definition) is 0. The molecule has 7 nitrogen and oxygen atoms in total. The van der Waals surface area contributed by atoms with Crippen molar-refractivity contribution in [1.82, 2.24) is 4.98 Å². The molecule has 22 heavy (non-hydrogen) atoms. The Hall–Kier alpha value is -1.77. The average molecular weight is 326 g/mol. The van der Waals surface area contributed by atoms with E-state index in [1.54, 1.807) is 0 Å². The maximum absolute atomic E-state index is 8.49. The lowest BCUT2D eigenvalue weighted by Crippen LogP contribution is -2.68. The minimum atomic E-state index is -4.94. The fraction of sp³-hybridized carbons (Fsp3) is 0.286. The van der Waals surface area contributed by atoms with E-state index in [1.807, 2.05) is 6.07 Å². The van der Waals surface area contributed by atoms with Gasteiger partial charge in [0.2, 0.25) is 0 Å². The lowest BCUT2D eigenvalue weighted by molar-refractivity contribution is -2.00. The molecule has 3 rings (SSSR count). The van der Waals surface area contributed by atoms with Crippen LogP contribution in [0.25, 0.3) is 0 Å². The smallest absolute Gasteiger partial charge is 0.222 e. The van der Waals surface area contributed by atoms with E-state index in [-0.39, 0.29) is 0 Å². The second-order valence-electron chi connectivity index (χ2n) is 4.85. The number of fused-ring (bicyclic) bond motifs is 1. The molecule has 0 saturated carbocycles. The number of rotatable bonds is 1. The van der Waals surface area contributed by atoms with Crippen LogP contribution in [-0.4, -0.2) is 11.5 Å². The number of nitrogens with zero attached hydrogens (tertiary/aromatic N) is 3. The van der Waals surface area contributed by atoms with Gasteiger partial charge < -0.3 is 0 Å². The van der Waals surface area contributed by atoms with Crippen molar-refractivity contribution in [2.75, 3.05) is 11.6 Å². The van der Waals surface area contributed by atoms with Crippen LogP contribution >= 0.6 is 0 Å². The molecule has 1 aromatic heterocycles. The van der Waals surface area contributed by atoms with E-state index in [4.69, 9.17) is 18.6 Å². The summed E-state index contributed by atoms with van der Waals surface area (Å²) >= 11 is 0. The van der Waals surface area contributed by atoms with E-state index in [9.17, 15) is 0 Å². The first-order valence-corrected chi connectivity index (χ1v) is 7.83. The van der Waals surface area contributed by atoms with Crippen LogP contribution in [0.3, 0.4) is 0 Å². The normalized spacial score (nSPS) is 13.5. The second-order valence-corrected chi connectivity index (χ2v) is 5.61. The van der Waals surface area contributed by atoms with Crippen LogP contribution in [0, 0.1) is 24.1 Å². The molecule has 0 saturated heterocycles. The number of halogens is 1. The van der Waals surface area contributed by atoms with Gasteiger partial charge in [0.25, 0.3) is 0 Å². The van der Waals surface area contributed by atoms with Crippen LogP contribution in [0.5, 0.6) is 0 Å². The minimum absolute atomic E-state index is 1.00. The number of para-hydroxylation sites is 1. The molecule has 118 valence electrons. The van der Waals surface area contributed by atoms with Crippen LogP contribution in [0.4, 0.5) is 5.69 Å². The monoisotopic (exact) mass is 325 g/mol. The molecule has 0 fully saturated rings. The van der Waals surface area contributed by atoms with Gasteiger partial charge in [-0.15, -0.1) is 14.9 Å². The van der Waals surface area contributed by atoms with Crippen molar-refractivity contribution in [3.63, 3.8) is 0 Å². The third kappa shape index (κ3) is 4.36. The molecule has 0 aliphatic carbocycles. The Morgan fingerprint density at radius 2 is 1.68 bits per heavy atom. The maximum atomic E-state index is 8.49. The fourth-order valence-electron chi connectivity index (χ4n) is 2.49. The topological polar surface area (TPSA) is 112 Å². The maximum Gasteiger partial charge on any atom is 0.324 e. The van der Waals surface area contributed by atoms with Gasteiger partial charge in [0.15, 0.2) is 5.69 Å². The first-order valence-electron chi connectivity index (χ1n) is 6.59. The Bertz CT molecular complexity index is 641. The predicted molar refractivity (Wildman–Crippen MR) is 66.8 cm³/mol. The first-order chi connectivity index (χ1) is 10.3. The van der Waals surface area contributed by atoms with Crippen molar-refractivity contribution in [3.8, 4) is 0 Å². The van der Waals surface area contributed by atoms with Gasteiger partial charge in [0, 0.05) is 19.9 Å². The summed E-state index contributed by atoms with van der Waals surface area (Å²) < 4.78 is 36.2. The number of aryl methyl sites for hydroxylation is 2. The molecular weight excluding hydrogens is 310 g/mol. The molecule has 0 unspecified atom stereocenters. The Labute approximate surface area is 130 Å². The molecule has 0 N–H and O–H groups in total. The largest absolute Gasteiger partial charge is 0.324 e. The summed E-state index contributed by atoms with van der Waals surface area (Å²) in [5.74, 6) is 1.16. The first kappa shape index (κ1) is 16.6. The second kappa shape index (κ2) is 6.55. The number of anilines is 1. The Morgan fingerprint density at radius 3 is 2.27 bits per heavy atom. The molecule has 0 amide bonds. The van der Waals surface area contributed by atoms with Crippen LogP contribution in [0.15, 0.2) is 36.4 Å². The van der Waals surface area contributed by atoms with Crippen molar-refractivity contribution in [2.45, 2.75) is 20.3 Å². The molecule has 0 spiro atoms. The molecule has 1 aliphatic rings. The molecule has 0 atom stereocenters. The van der Waals surface area contributed by atoms with E-state index in [0.717, 1.165) is 24.5 Å². The average Bonchev–Trinajstić information content (AvgIpc) is 2.81. The molecule has 8 heteroatoms. The fourth-order valence-corrected chi connectivity index (χ4v) is 2.49. The molecule has 0 radical (unpaired) electrons. The molecule has 1 aromatic carbocycles. The van der Waals surface area contributed by atoms with E-state index in [2.05, 4.69) is 58.8 Å². The summed E-state index contributed by atoms with van der Waals surface area (Å²) in [4.78, 5) is 4.61. The van der Waals surface area contributed by atoms with Crippen molar-refractivity contribution < 1.29 is 33.6 Å². The van der Waals surface area contributed by atoms with Gasteiger partial charge in [-0.1, -0.05) is 18.2 Å². The van der Waals surface area contributed by atoms with E-state index in [1.165, 1.54) is 11.4 Å². The van der Waals surface area contributed by atoms with E-state index in [0.29, 0.717) is 0 Å². The van der Waals surface area contributed by atoms with Crippen molar-refractivity contribution in [1.29, 1.82) is 0 Å². The number of hydrogen-bond acceptors (Lipinski definition) is 6. The number of aromatic nitrogens is 2. The van der Waals surface area contributed by atoms with E-state index < -0.39 is 10.2 Å². The summed E-state index contributed by atoms with van der Waals surface area (Å²) in [7, 11) is -4.94. The summed E-state index contributed by atoms with van der Waals surface area (Å²) in [6, 6.07) is 12.6. The molecule has 2 heterocycles. The Morgan fingerprint density at radius 1 is 1.09 bits per heavy atom. The zero-order chi connectivity index (χ0) is 16.3. The SMILES string of the molecule is Cc1cc(C)[n+]2c(n1)CCN2c1ccccc1.[O-][Cl+3]([O-])([O-])[O-]. The highest BCUT2D eigenvalue weighted by molar-refractivity contribution is 5.43. The summed E-state index contributed by atoms with van der Waals surface area (Å²) in [6.07, 6.45) is 1.01. The number of benzene rings is 1. The van der Waals surface area contributed by atoms with Crippen LogP contribution in [-0.2, 0) is 6.42 Å². The highest BCUT2D eigenvalue weighted by Crippen LogP contribution is 2.16. The highest BCUT2D eigenvalue weighted by atomic mass is 35.7. The van der Waals surface area contributed by atoms with Crippen molar-refractivity contribution in [3.05, 3.63) is 53.6 Å². The third-order valence-electron chi connectivity index (χ3n) is 3.14. The summed E-state index contributed by atoms with van der Waals surface area (Å²) in [6.45, 7) is 5.19. The van der Waals surface area contributed by atoms with Gasteiger partial charge in [-0.2, -0.15) is 0 Å². The van der Waals surface area contributed by atoms with Crippen LogP contribution < -0.4 is 28.3 Å². The summed E-state index contributed by atoms with van der Waals surface area (Å²) in [5.41, 5.74) is 3.57. The lowest BCUT2D eigenvalue weighted by Gasteiger charge is -2.17. The third-order valence-corrected chi connectivity index (χ3v) is 3.14. The van der Waals surface area contributed by atoms with Gasteiger partial charge in [-0.3, -0.25) is 0 Å². The zero-order valence-corrected chi connectivity index (χ0v) is 13.0. The molecule has 0 bridgehead atoms. The van der Waals surface area contributed by atoms with Crippen molar-refractivity contribution in [2.24, 2.45) is 0 Å². The van der Waals surface area contributed by atoms with Gasteiger partial charge in [-0.05, 0) is 17.1 Å². The zero-order valence-electron chi connectivity index (χ0n) is 12.2. The van der Waals surface area contributed by atoms with Gasteiger partial charge >= 0.3 is 5.82 Å². The molecular formula is C14H16ClN3O4. The Kier molecular flexibility index (Phi) is 4.94. The Balaban J connectivity index is 0.000000309. The lowest BCUT2D eigenvalue weighted by atomic mass is 10.3. The molecule has 2 aromatic rings. The van der Waals surface area contributed by atoms with Crippen LogP contribution in [0.1, 0.15) is 17.2 Å². The van der Waals surface area contributed by atoms with Gasteiger partial charge in [0.05, 0.1) is 18.7 Å². The minimum Gasteiger partial charge on any atom is -0.222 e. The quantitative estimate of drug-likeness (QED) is 0.518. The van der Waals surface area contributed by atoms with Gasteiger partial charge in [-0.25, -0.2) is 23.6 Å². The highest BCUT2D eigenvalue weighted by Gasteiger charge is 2.30. The standard InChI is InChI=1S/C14H16N3.ClHO4/c1-11-10-12(2)17-14(15-11)8-9-16(17)13-6-4-3-5-7-13;2-1(3,4)5/h3-7,10H,8-9H2,1-2H3;(H,2,3,4,5)/q+1;/p-1. The predicted octanol–water partition coefficient (Wildman–Crippen LogP) is -2.94. The van der Waals surface area contributed by atoms with Crippen molar-refractivity contribution >= 4 is 5.69 Å².